The lowest BCUT2D eigenvalue weighted by Gasteiger charge is -2.32. The third kappa shape index (κ3) is 3.41. The van der Waals surface area contributed by atoms with Crippen LogP contribution in [0.5, 0.6) is 0 Å². The van der Waals surface area contributed by atoms with Gasteiger partial charge in [-0.25, -0.2) is 22.8 Å². The number of nitrogens with zero attached hydrogens (tertiary/aromatic N) is 1. The largest absolute Gasteiger partial charge is 0.480 e. The first-order chi connectivity index (χ1) is 9.90. The molecule has 2 amide bonds. The molecule has 0 radical (unpaired) electrons. The molecule has 1 unspecified atom stereocenters. The first-order valence-electron chi connectivity index (χ1n) is 5.93. The van der Waals surface area contributed by atoms with Crippen molar-refractivity contribution >= 4 is 29.4 Å². The highest BCUT2D eigenvalue weighted by Gasteiger charge is 2.32. The Kier molecular flexibility index (Phi) is 4.61. The number of carbonyl (C=O) groups excluding carboxylic acids is 1. The van der Waals surface area contributed by atoms with E-state index in [9.17, 15) is 22.8 Å². The molecular formula is C12H11F3N2O3S. The van der Waals surface area contributed by atoms with Crippen LogP contribution in [0.4, 0.5) is 23.7 Å². The molecule has 1 aliphatic rings. The second-order valence-electron chi connectivity index (χ2n) is 4.30. The topological polar surface area (TPSA) is 69.6 Å². The van der Waals surface area contributed by atoms with Crippen LogP contribution in [0.25, 0.3) is 0 Å². The molecule has 21 heavy (non-hydrogen) atoms. The van der Waals surface area contributed by atoms with Gasteiger partial charge in [0.15, 0.2) is 11.6 Å². The monoisotopic (exact) mass is 320 g/mol. The van der Waals surface area contributed by atoms with Gasteiger partial charge in [-0.05, 0) is 0 Å². The van der Waals surface area contributed by atoms with E-state index in [1.807, 2.05) is 5.32 Å². The molecule has 1 aromatic carbocycles. The maximum Gasteiger partial charge on any atom is 0.327 e. The Balaban J connectivity index is 2.19. The van der Waals surface area contributed by atoms with Gasteiger partial charge in [-0.15, -0.1) is 0 Å². The van der Waals surface area contributed by atoms with E-state index in [-0.39, 0.29) is 12.3 Å². The van der Waals surface area contributed by atoms with Gasteiger partial charge >= 0.3 is 12.0 Å². The first-order valence-corrected chi connectivity index (χ1v) is 7.08. The van der Waals surface area contributed by atoms with Crippen molar-refractivity contribution < 1.29 is 27.9 Å². The molecule has 0 saturated carbocycles. The lowest BCUT2D eigenvalue weighted by molar-refractivity contribution is -0.141. The SMILES string of the molecule is O=C(O)C1CSCCN1C(=O)Nc1cc(F)cc(F)c1F. The van der Waals surface area contributed by atoms with Crippen LogP contribution in [0, 0.1) is 17.5 Å². The van der Waals surface area contributed by atoms with Crippen LogP contribution < -0.4 is 5.32 Å². The van der Waals surface area contributed by atoms with Crippen molar-refractivity contribution in [1.29, 1.82) is 0 Å². The minimum Gasteiger partial charge on any atom is -0.480 e. The van der Waals surface area contributed by atoms with E-state index < -0.39 is 41.2 Å². The van der Waals surface area contributed by atoms with Crippen molar-refractivity contribution in [2.24, 2.45) is 0 Å². The zero-order valence-electron chi connectivity index (χ0n) is 10.6. The molecule has 2 N–H and O–H groups in total. The van der Waals surface area contributed by atoms with Gasteiger partial charge in [0.05, 0.1) is 5.69 Å². The summed E-state index contributed by atoms with van der Waals surface area (Å²) < 4.78 is 39.6. The van der Waals surface area contributed by atoms with Crippen LogP contribution in [0.2, 0.25) is 0 Å². The fourth-order valence-corrected chi connectivity index (χ4v) is 2.92. The molecule has 1 aromatic rings. The Morgan fingerprint density at radius 1 is 1.33 bits per heavy atom. The first kappa shape index (κ1) is 15.5. The van der Waals surface area contributed by atoms with Crippen molar-refractivity contribution in [3.05, 3.63) is 29.6 Å². The Hall–Kier alpha value is -1.90. The molecule has 0 aromatic heterocycles. The quantitative estimate of drug-likeness (QED) is 0.819. The number of urea groups is 1. The number of carboxylic acids is 1. The molecule has 1 fully saturated rings. The summed E-state index contributed by atoms with van der Waals surface area (Å²) in [4.78, 5) is 24.1. The van der Waals surface area contributed by atoms with Crippen LogP contribution >= 0.6 is 11.8 Å². The lowest BCUT2D eigenvalue weighted by atomic mass is 10.2. The van der Waals surface area contributed by atoms with Crippen molar-refractivity contribution in [1.82, 2.24) is 4.90 Å². The highest BCUT2D eigenvalue weighted by molar-refractivity contribution is 7.99. The Labute approximate surface area is 122 Å². The van der Waals surface area contributed by atoms with Gasteiger partial charge in [0.1, 0.15) is 11.9 Å². The molecule has 9 heteroatoms. The molecule has 1 saturated heterocycles. The predicted molar refractivity (Wildman–Crippen MR) is 70.8 cm³/mol. The van der Waals surface area contributed by atoms with Crippen LogP contribution in [0.3, 0.4) is 0 Å². The van der Waals surface area contributed by atoms with Crippen LogP contribution in [0.15, 0.2) is 12.1 Å². The predicted octanol–water partition coefficient (Wildman–Crippen LogP) is 2.14. The van der Waals surface area contributed by atoms with E-state index in [1.54, 1.807) is 0 Å². The average molecular weight is 320 g/mol. The van der Waals surface area contributed by atoms with E-state index in [2.05, 4.69) is 0 Å². The van der Waals surface area contributed by atoms with Gasteiger partial charge in [-0.1, -0.05) is 0 Å². The highest BCUT2D eigenvalue weighted by atomic mass is 32.2. The molecule has 0 bridgehead atoms. The summed E-state index contributed by atoms with van der Waals surface area (Å²) in [5, 5.41) is 11.0. The van der Waals surface area contributed by atoms with E-state index in [0.717, 1.165) is 4.90 Å². The van der Waals surface area contributed by atoms with Crippen molar-refractivity contribution in [2.75, 3.05) is 23.4 Å². The highest BCUT2D eigenvalue weighted by Crippen LogP contribution is 2.22. The minimum absolute atomic E-state index is 0.146. The maximum atomic E-state index is 13.5. The third-order valence-corrected chi connectivity index (χ3v) is 3.93. The Morgan fingerprint density at radius 3 is 2.71 bits per heavy atom. The number of carboxylic acid groups (broad SMARTS) is 1. The summed E-state index contributed by atoms with van der Waals surface area (Å²) in [6.07, 6.45) is 0. The lowest BCUT2D eigenvalue weighted by Crippen LogP contribution is -2.51. The van der Waals surface area contributed by atoms with Crippen LogP contribution in [-0.2, 0) is 4.79 Å². The summed E-state index contributed by atoms with van der Waals surface area (Å²) >= 11 is 1.37. The third-order valence-electron chi connectivity index (χ3n) is 2.91. The smallest absolute Gasteiger partial charge is 0.327 e. The van der Waals surface area contributed by atoms with E-state index in [4.69, 9.17) is 5.11 Å². The van der Waals surface area contributed by atoms with Crippen molar-refractivity contribution in [2.45, 2.75) is 6.04 Å². The van der Waals surface area contributed by atoms with Crippen molar-refractivity contribution in [3.8, 4) is 0 Å². The summed E-state index contributed by atoms with van der Waals surface area (Å²) in [6, 6.07) is -0.996. The molecule has 1 aliphatic heterocycles. The number of hydrogen-bond acceptors (Lipinski definition) is 3. The summed E-state index contributed by atoms with van der Waals surface area (Å²) in [7, 11) is 0. The van der Waals surface area contributed by atoms with Crippen LogP contribution in [-0.4, -0.2) is 46.1 Å². The van der Waals surface area contributed by atoms with E-state index in [0.29, 0.717) is 17.9 Å². The van der Waals surface area contributed by atoms with Gasteiger partial charge in [0.25, 0.3) is 0 Å². The molecule has 0 spiro atoms. The molecule has 2 rings (SSSR count). The molecular weight excluding hydrogens is 309 g/mol. The second kappa shape index (κ2) is 6.25. The van der Waals surface area contributed by atoms with Gasteiger partial charge in [-0.3, -0.25) is 0 Å². The molecule has 1 heterocycles. The van der Waals surface area contributed by atoms with E-state index in [1.165, 1.54) is 11.8 Å². The Bertz CT molecular complexity index is 585. The van der Waals surface area contributed by atoms with Gasteiger partial charge in [-0.2, -0.15) is 11.8 Å². The number of hydrogen-bond donors (Lipinski definition) is 2. The van der Waals surface area contributed by atoms with Crippen LogP contribution in [0.1, 0.15) is 0 Å². The number of anilines is 1. The number of benzene rings is 1. The number of thioether (sulfide) groups is 1. The zero-order chi connectivity index (χ0) is 15.6. The van der Waals surface area contributed by atoms with Gasteiger partial charge < -0.3 is 15.3 Å². The summed E-state index contributed by atoms with van der Waals surface area (Å²) in [6.45, 7) is 0.146. The number of amides is 2. The number of rotatable bonds is 2. The molecule has 0 aliphatic carbocycles. The molecule has 1 atom stereocenters. The Morgan fingerprint density at radius 2 is 2.05 bits per heavy atom. The average Bonchev–Trinajstić information content (AvgIpc) is 2.44. The van der Waals surface area contributed by atoms with Gasteiger partial charge in [0.2, 0.25) is 0 Å². The minimum atomic E-state index is -1.44. The summed E-state index contributed by atoms with van der Waals surface area (Å²) in [5.74, 6) is -4.35. The maximum absolute atomic E-state index is 13.5. The fourth-order valence-electron chi connectivity index (χ4n) is 1.89. The number of carbonyl (C=O) groups is 2. The number of nitrogens with one attached hydrogen (secondary N) is 1. The normalized spacial score (nSPS) is 18.4. The van der Waals surface area contributed by atoms with Crippen molar-refractivity contribution in [3.63, 3.8) is 0 Å². The zero-order valence-corrected chi connectivity index (χ0v) is 11.4. The standard InChI is InChI=1S/C12H11F3N2O3S/c13-6-3-7(14)10(15)8(4-6)16-12(20)17-1-2-21-5-9(17)11(18)19/h3-4,9H,1-2,5H2,(H,16,20)(H,18,19). The van der Waals surface area contributed by atoms with Gasteiger partial charge in [0, 0.05) is 30.2 Å². The number of halogens is 3. The molecule has 114 valence electrons. The molecule has 5 nitrogen and oxygen atoms in total. The van der Waals surface area contributed by atoms with E-state index >= 15 is 0 Å². The fraction of sp³-hybridized carbons (Fsp3) is 0.333. The second-order valence-corrected chi connectivity index (χ2v) is 5.45. The number of aliphatic carboxylic acids is 1. The summed E-state index contributed by atoms with van der Waals surface area (Å²) in [5.41, 5.74) is -0.667.